The lowest BCUT2D eigenvalue weighted by Gasteiger charge is -2.24. The molecule has 1 N–H and O–H groups in total. The minimum atomic E-state index is -3.98. The Bertz CT molecular complexity index is 708. The monoisotopic (exact) mass is 311 g/mol. The van der Waals surface area contributed by atoms with Gasteiger partial charge in [-0.05, 0) is 37.5 Å². The molecule has 1 aliphatic rings. The van der Waals surface area contributed by atoms with Crippen LogP contribution in [0, 0.1) is 5.92 Å². The van der Waals surface area contributed by atoms with Crippen LogP contribution in [-0.4, -0.2) is 35.7 Å². The van der Waals surface area contributed by atoms with Crippen molar-refractivity contribution in [1.29, 1.82) is 0 Å². The van der Waals surface area contributed by atoms with E-state index in [1.54, 1.807) is 6.92 Å². The predicted octanol–water partition coefficient (Wildman–Crippen LogP) is 1.96. The summed E-state index contributed by atoms with van der Waals surface area (Å²) in [5, 5.41) is 8.95. The van der Waals surface area contributed by atoms with Gasteiger partial charge in [-0.3, -0.25) is 4.79 Å². The van der Waals surface area contributed by atoms with E-state index in [0.717, 1.165) is 10.4 Å². The highest BCUT2D eigenvalue weighted by molar-refractivity contribution is 7.90. The van der Waals surface area contributed by atoms with Crippen LogP contribution < -0.4 is 0 Å². The van der Waals surface area contributed by atoms with E-state index in [-0.39, 0.29) is 21.9 Å². The van der Waals surface area contributed by atoms with Crippen LogP contribution in [0.5, 0.6) is 0 Å². The number of nitrogens with zero attached hydrogens (tertiary/aromatic N) is 1. The molecule has 0 fully saturated rings. The Balaban J connectivity index is 2.52. The number of amides is 1. The number of fused-ring (bicyclic) bond motifs is 1. The van der Waals surface area contributed by atoms with Gasteiger partial charge in [0.2, 0.25) is 0 Å². The van der Waals surface area contributed by atoms with Gasteiger partial charge < -0.3 is 5.11 Å². The van der Waals surface area contributed by atoms with Crippen molar-refractivity contribution in [3.8, 4) is 0 Å². The molecule has 7 heteroatoms. The van der Waals surface area contributed by atoms with Crippen molar-refractivity contribution in [2.24, 2.45) is 5.92 Å². The Kier molecular flexibility index (Phi) is 3.79. The van der Waals surface area contributed by atoms with Gasteiger partial charge in [-0.25, -0.2) is 17.5 Å². The minimum absolute atomic E-state index is 0.0376. The lowest BCUT2D eigenvalue weighted by Crippen LogP contribution is -2.38. The minimum Gasteiger partial charge on any atom is -0.478 e. The van der Waals surface area contributed by atoms with Gasteiger partial charge in [0.1, 0.15) is 4.90 Å². The van der Waals surface area contributed by atoms with E-state index in [1.165, 1.54) is 12.1 Å². The third kappa shape index (κ3) is 2.53. The number of carbonyl (C=O) groups is 2. The zero-order chi connectivity index (χ0) is 15.9. The number of carbonyl (C=O) groups excluding carboxylic acids is 1. The Hall–Kier alpha value is -1.89. The zero-order valence-electron chi connectivity index (χ0n) is 12.0. The number of aromatic carboxylic acids is 1. The lowest BCUT2D eigenvalue weighted by atomic mass is 10.0. The maximum absolute atomic E-state index is 12.5. The Morgan fingerprint density at radius 3 is 2.43 bits per heavy atom. The molecule has 1 aromatic rings. The second kappa shape index (κ2) is 5.14. The fourth-order valence-electron chi connectivity index (χ4n) is 2.59. The van der Waals surface area contributed by atoms with Crippen LogP contribution in [0.2, 0.25) is 0 Å². The summed E-state index contributed by atoms with van der Waals surface area (Å²) in [6.07, 6.45) is 0.546. The Morgan fingerprint density at radius 2 is 1.90 bits per heavy atom. The molecule has 0 radical (unpaired) electrons. The number of carboxylic acids is 1. The molecule has 21 heavy (non-hydrogen) atoms. The fraction of sp³-hybridized carbons (Fsp3) is 0.429. The topological polar surface area (TPSA) is 91.8 Å². The molecular formula is C14H17NO5S. The molecule has 1 atom stereocenters. The highest BCUT2D eigenvalue weighted by Gasteiger charge is 2.44. The highest BCUT2D eigenvalue weighted by Crippen LogP contribution is 2.34. The molecule has 0 aliphatic carbocycles. The number of benzene rings is 1. The van der Waals surface area contributed by atoms with E-state index in [0.29, 0.717) is 6.42 Å². The summed E-state index contributed by atoms with van der Waals surface area (Å²) in [5.41, 5.74) is -0.112. The van der Waals surface area contributed by atoms with Crippen molar-refractivity contribution in [2.75, 3.05) is 0 Å². The van der Waals surface area contributed by atoms with Gasteiger partial charge in [0, 0.05) is 6.04 Å². The predicted molar refractivity (Wildman–Crippen MR) is 75.7 cm³/mol. The average molecular weight is 311 g/mol. The number of sulfonamides is 1. The molecule has 0 saturated carbocycles. The molecule has 0 spiro atoms. The molecule has 1 unspecified atom stereocenters. The fourth-order valence-corrected chi connectivity index (χ4v) is 4.39. The first-order valence-corrected chi connectivity index (χ1v) is 8.06. The normalized spacial score (nSPS) is 17.9. The average Bonchev–Trinajstić information content (AvgIpc) is 2.55. The van der Waals surface area contributed by atoms with Crippen LogP contribution in [-0.2, 0) is 10.0 Å². The van der Waals surface area contributed by atoms with Crippen LogP contribution in [0.3, 0.4) is 0 Å². The number of rotatable bonds is 4. The highest BCUT2D eigenvalue weighted by atomic mass is 32.2. The second-order valence-corrected chi connectivity index (χ2v) is 7.38. The first-order valence-electron chi connectivity index (χ1n) is 6.62. The van der Waals surface area contributed by atoms with Gasteiger partial charge in [-0.15, -0.1) is 0 Å². The van der Waals surface area contributed by atoms with E-state index < -0.39 is 27.9 Å². The van der Waals surface area contributed by atoms with Crippen LogP contribution in [0.4, 0.5) is 0 Å². The van der Waals surface area contributed by atoms with Crippen molar-refractivity contribution in [3.63, 3.8) is 0 Å². The van der Waals surface area contributed by atoms with Gasteiger partial charge in [0.05, 0.1) is 11.1 Å². The first-order chi connectivity index (χ1) is 9.66. The van der Waals surface area contributed by atoms with Gasteiger partial charge >= 0.3 is 5.97 Å². The third-order valence-corrected chi connectivity index (χ3v) is 5.35. The summed E-state index contributed by atoms with van der Waals surface area (Å²) in [7, 11) is -3.98. The molecule has 1 aliphatic heterocycles. The largest absolute Gasteiger partial charge is 0.478 e. The summed E-state index contributed by atoms with van der Waals surface area (Å²) in [6.45, 7) is 5.57. The summed E-state index contributed by atoms with van der Waals surface area (Å²) in [4.78, 5) is 23.1. The molecule has 0 saturated heterocycles. The first kappa shape index (κ1) is 15.5. The molecule has 114 valence electrons. The number of hydrogen-bond donors (Lipinski definition) is 1. The quantitative estimate of drug-likeness (QED) is 0.917. The molecule has 1 aromatic carbocycles. The summed E-state index contributed by atoms with van der Waals surface area (Å²) >= 11 is 0. The lowest BCUT2D eigenvalue weighted by molar-refractivity contribution is 0.0695. The van der Waals surface area contributed by atoms with Crippen molar-refractivity contribution in [3.05, 3.63) is 29.3 Å². The molecule has 1 amide bonds. The van der Waals surface area contributed by atoms with Gasteiger partial charge in [-0.2, -0.15) is 0 Å². The van der Waals surface area contributed by atoms with Crippen LogP contribution in [0.1, 0.15) is 47.9 Å². The Morgan fingerprint density at radius 1 is 1.29 bits per heavy atom. The third-order valence-electron chi connectivity index (χ3n) is 3.41. The van der Waals surface area contributed by atoms with Crippen molar-refractivity contribution < 1.29 is 23.1 Å². The van der Waals surface area contributed by atoms with E-state index in [4.69, 9.17) is 5.11 Å². The van der Waals surface area contributed by atoms with Gasteiger partial charge in [0.15, 0.2) is 0 Å². The van der Waals surface area contributed by atoms with Crippen molar-refractivity contribution >= 4 is 21.9 Å². The Labute approximate surface area is 123 Å². The van der Waals surface area contributed by atoms with Crippen LogP contribution in [0.15, 0.2) is 23.1 Å². The maximum Gasteiger partial charge on any atom is 0.335 e. The summed E-state index contributed by atoms with van der Waals surface area (Å²) in [6, 6.07) is 3.09. The molecular weight excluding hydrogens is 294 g/mol. The molecule has 0 aromatic heterocycles. The number of carboxylic acid groups (broad SMARTS) is 1. The van der Waals surface area contributed by atoms with Crippen molar-refractivity contribution in [1.82, 2.24) is 4.31 Å². The molecule has 0 bridgehead atoms. The standard InChI is InChI=1S/C14H17NO5S/c1-8(2)6-9(3)15-13(16)11-5-4-10(14(17)18)7-12(11)21(15,19)20/h4-5,7-9H,6H2,1-3H3,(H,17,18). The number of hydrogen-bond acceptors (Lipinski definition) is 4. The van der Waals surface area contributed by atoms with Crippen LogP contribution in [0.25, 0.3) is 0 Å². The summed E-state index contributed by atoms with van der Waals surface area (Å²) < 4.78 is 25.9. The maximum atomic E-state index is 12.5. The zero-order valence-corrected chi connectivity index (χ0v) is 12.8. The molecule has 6 nitrogen and oxygen atoms in total. The second-order valence-electron chi connectivity index (χ2n) is 5.60. The molecule has 2 rings (SSSR count). The van der Waals surface area contributed by atoms with E-state index in [2.05, 4.69) is 0 Å². The van der Waals surface area contributed by atoms with Crippen LogP contribution >= 0.6 is 0 Å². The van der Waals surface area contributed by atoms with E-state index in [1.807, 2.05) is 13.8 Å². The van der Waals surface area contributed by atoms with Gasteiger partial charge in [0.25, 0.3) is 15.9 Å². The van der Waals surface area contributed by atoms with E-state index >= 15 is 0 Å². The van der Waals surface area contributed by atoms with Crippen molar-refractivity contribution in [2.45, 2.75) is 38.1 Å². The van der Waals surface area contributed by atoms with E-state index in [9.17, 15) is 18.0 Å². The SMILES string of the molecule is CC(C)CC(C)N1C(=O)c2ccc(C(=O)O)cc2S1(=O)=O. The summed E-state index contributed by atoms with van der Waals surface area (Å²) in [5.74, 6) is -1.58. The molecule has 1 heterocycles. The smallest absolute Gasteiger partial charge is 0.335 e. The van der Waals surface area contributed by atoms with Gasteiger partial charge in [-0.1, -0.05) is 13.8 Å².